The van der Waals surface area contributed by atoms with Gasteiger partial charge in [-0.1, -0.05) is 0 Å². The van der Waals surface area contributed by atoms with E-state index in [1.54, 1.807) is 19.2 Å². The van der Waals surface area contributed by atoms with Crippen molar-refractivity contribution in [2.24, 2.45) is 5.73 Å². The standard InChI is InChI=1S/C11H13BrFNO/c1-15-9-3-2-8(12)10(13)7(9)6-11(14)4-5-11/h2-3H,4-6,14H2,1H3. The fourth-order valence-corrected chi connectivity index (χ4v) is 1.99. The Labute approximate surface area is 96.7 Å². The van der Waals surface area contributed by atoms with Crippen molar-refractivity contribution < 1.29 is 9.13 Å². The van der Waals surface area contributed by atoms with Gasteiger partial charge in [-0.15, -0.1) is 0 Å². The van der Waals surface area contributed by atoms with Crippen molar-refractivity contribution in [3.05, 3.63) is 28.0 Å². The first-order chi connectivity index (χ1) is 7.06. The van der Waals surface area contributed by atoms with Crippen LogP contribution in [0.1, 0.15) is 18.4 Å². The summed E-state index contributed by atoms with van der Waals surface area (Å²) in [6.07, 6.45) is 2.46. The van der Waals surface area contributed by atoms with Crippen LogP contribution >= 0.6 is 15.9 Å². The fourth-order valence-electron chi connectivity index (χ4n) is 1.62. The minimum atomic E-state index is -0.258. The first kappa shape index (κ1) is 10.9. The Hall–Kier alpha value is -0.610. The molecular formula is C11H13BrFNO. The molecule has 0 aliphatic heterocycles. The summed E-state index contributed by atoms with van der Waals surface area (Å²) in [5.41, 5.74) is 6.35. The number of rotatable bonds is 3. The summed E-state index contributed by atoms with van der Waals surface area (Å²) in [7, 11) is 1.54. The van der Waals surface area contributed by atoms with Gasteiger partial charge in [0.25, 0.3) is 0 Å². The Bertz CT molecular complexity index is 390. The summed E-state index contributed by atoms with van der Waals surface area (Å²) in [4.78, 5) is 0. The van der Waals surface area contributed by atoms with Crippen molar-refractivity contribution in [2.75, 3.05) is 7.11 Å². The van der Waals surface area contributed by atoms with Gasteiger partial charge in [0.1, 0.15) is 11.6 Å². The van der Waals surface area contributed by atoms with E-state index in [1.165, 1.54) is 0 Å². The van der Waals surface area contributed by atoms with Crippen LogP contribution in [0.25, 0.3) is 0 Å². The van der Waals surface area contributed by atoms with Gasteiger partial charge in [-0.2, -0.15) is 0 Å². The highest BCUT2D eigenvalue weighted by molar-refractivity contribution is 9.10. The van der Waals surface area contributed by atoms with Gasteiger partial charge in [0.15, 0.2) is 0 Å². The lowest BCUT2D eigenvalue weighted by Gasteiger charge is -2.14. The highest BCUT2D eigenvalue weighted by atomic mass is 79.9. The van der Waals surface area contributed by atoms with E-state index in [9.17, 15) is 4.39 Å². The van der Waals surface area contributed by atoms with Crippen LogP contribution in [0.15, 0.2) is 16.6 Å². The summed E-state index contributed by atoms with van der Waals surface area (Å²) in [5, 5.41) is 0. The van der Waals surface area contributed by atoms with E-state index >= 15 is 0 Å². The first-order valence-electron chi connectivity index (χ1n) is 4.85. The minimum Gasteiger partial charge on any atom is -0.496 e. The number of halogens is 2. The molecule has 0 bridgehead atoms. The molecule has 82 valence electrons. The van der Waals surface area contributed by atoms with Gasteiger partial charge in [-0.25, -0.2) is 4.39 Å². The van der Waals surface area contributed by atoms with Gasteiger partial charge >= 0.3 is 0 Å². The number of methoxy groups -OCH3 is 1. The normalized spacial score (nSPS) is 17.6. The van der Waals surface area contributed by atoms with Crippen LogP contribution in [0.5, 0.6) is 5.75 Å². The van der Waals surface area contributed by atoms with E-state index in [4.69, 9.17) is 10.5 Å². The molecule has 1 saturated carbocycles. The topological polar surface area (TPSA) is 35.2 Å². The first-order valence-corrected chi connectivity index (χ1v) is 5.65. The molecule has 0 radical (unpaired) electrons. The third kappa shape index (κ3) is 2.16. The number of hydrogen-bond donors (Lipinski definition) is 1. The van der Waals surface area contributed by atoms with Crippen LogP contribution in [0.3, 0.4) is 0 Å². The van der Waals surface area contributed by atoms with Crippen molar-refractivity contribution >= 4 is 15.9 Å². The number of hydrogen-bond acceptors (Lipinski definition) is 2. The van der Waals surface area contributed by atoms with Crippen molar-refractivity contribution in [3.8, 4) is 5.75 Å². The Morgan fingerprint density at radius 1 is 1.53 bits per heavy atom. The molecule has 15 heavy (non-hydrogen) atoms. The van der Waals surface area contributed by atoms with E-state index in [0.717, 1.165) is 12.8 Å². The monoisotopic (exact) mass is 273 g/mol. The zero-order valence-electron chi connectivity index (χ0n) is 8.52. The van der Waals surface area contributed by atoms with Gasteiger partial charge in [0, 0.05) is 11.1 Å². The molecule has 1 fully saturated rings. The third-order valence-electron chi connectivity index (χ3n) is 2.79. The highest BCUT2D eigenvalue weighted by Crippen LogP contribution is 2.39. The number of ether oxygens (including phenoxy) is 1. The zero-order chi connectivity index (χ0) is 11.1. The molecule has 0 atom stereocenters. The van der Waals surface area contributed by atoms with Gasteiger partial charge in [-0.3, -0.25) is 0 Å². The molecule has 0 aromatic heterocycles. The third-order valence-corrected chi connectivity index (χ3v) is 3.41. The molecule has 2 N–H and O–H groups in total. The number of nitrogens with two attached hydrogens (primary N) is 1. The second-order valence-corrected chi connectivity index (χ2v) is 4.94. The highest BCUT2D eigenvalue weighted by Gasteiger charge is 2.39. The molecule has 0 unspecified atom stereocenters. The summed E-state index contributed by atoms with van der Waals surface area (Å²) in [6.45, 7) is 0. The van der Waals surface area contributed by atoms with Crippen LogP contribution in [0.4, 0.5) is 4.39 Å². The smallest absolute Gasteiger partial charge is 0.144 e. The van der Waals surface area contributed by atoms with E-state index < -0.39 is 0 Å². The second-order valence-electron chi connectivity index (χ2n) is 4.08. The molecule has 0 spiro atoms. The quantitative estimate of drug-likeness (QED) is 0.919. The maximum atomic E-state index is 13.8. The Morgan fingerprint density at radius 3 is 2.73 bits per heavy atom. The molecule has 2 nitrogen and oxygen atoms in total. The van der Waals surface area contributed by atoms with Crippen LogP contribution < -0.4 is 10.5 Å². The SMILES string of the molecule is COc1ccc(Br)c(F)c1CC1(N)CC1. The minimum absolute atomic E-state index is 0.213. The molecule has 1 aliphatic carbocycles. The molecule has 0 saturated heterocycles. The summed E-state index contributed by atoms with van der Waals surface area (Å²) in [5.74, 6) is 0.318. The zero-order valence-corrected chi connectivity index (χ0v) is 10.1. The van der Waals surface area contributed by atoms with Crippen LogP contribution in [-0.2, 0) is 6.42 Å². The van der Waals surface area contributed by atoms with Gasteiger partial charge in [0.05, 0.1) is 11.6 Å². The van der Waals surface area contributed by atoms with E-state index in [0.29, 0.717) is 22.2 Å². The van der Waals surface area contributed by atoms with Gasteiger partial charge < -0.3 is 10.5 Å². The Morgan fingerprint density at radius 2 is 2.20 bits per heavy atom. The molecule has 1 aliphatic rings. The maximum absolute atomic E-state index is 13.8. The molecule has 4 heteroatoms. The van der Waals surface area contributed by atoms with Crippen LogP contribution in [0.2, 0.25) is 0 Å². The van der Waals surface area contributed by atoms with Crippen molar-refractivity contribution in [1.82, 2.24) is 0 Å². The van der Waals surface area contributed by atoms with Crippen molar-refractivity contribution in [2.45, 2.75) is 24.8 Å². The second kappa shape index (κ2) is 3.76. The maximum Gasteiger partial charge on any atom is 0.144 e. The van der Waals surface area contributed by atoms with Gasteiger partial charge in [0.2, 0.25) is 0 Å². The molecule has 0 heterocycles. The van der Waals surface area contributed by atoms with E-state index in [1.807, 2.05) is 0 Å². The summed E-state index contributed by atoms with van der Waals surface area (Å²) >= 11 is 3.17. The van der Waals surface area contributed by atoms with Crippen molar-refractivity contribution in [1.29, 1.82) is 0 Å². The lowest BCUT2D eigenvalue weighted by molar-refractivity contribution is 0.401. The summed E-state index contributed by atoms with van der Waals surface area (Å²) < 4.78 is 19.4. The van der Waals surface area contributed by atoms with E-state index in [2.05, 4.69) is 15.9 Å². The lowest BCUT2D eigenvalue weighted by atomic mass is 10.0. The molecule has 1 aromatic rings. The lowest BCUT2D eigenvalue weighted by Crippen LogP contribution is -2.25. The average Bonchev–Trinajstić information content (AvgIpc) is 2.92. The van der Waals surface area contributed by atoms with Gasteiger partial charge in [-0.05, 0) is 47.3 Å². The predicted octanol–water partition coefficient (Wildman–Crippen LogP) is 2.63. The summed E-state index contributed by atoms with van der Waals surface area (Å²) in [6, 6.07) is 3.40. The largest absolute Gasteiger partial charge is 0.496 e. The van der Waals surface area contributed by atoms with E-state index in [-0.39, 0.29) is 11.4 Å². The van der Waals surface area contributed by atoms with Crippen LogP contribution in [-0.4, -0.2) is 12.6 Å². The fraction of sp³-hybridized carbons (Fsp3) is 0.455. The molecule has 2 rings (SSSR count). The molecule has 0 amide bonds. The molecular weight excluding hydrogens is 261 g/mol. The Balaban J connectivity index is 2.37. The Kier molecular flexibility index (Phi) is 2.73. The molecule has 1 aromatic carbocycles. The van der Waals surface area contributed by atoms with Crippen molar-refractivity contribution in [3.63, 3.8) is 0 Å². The average molecular weight is 274 g/mol. The number of benzene rings is 1. The predicted molar refractivity (Wildman–Crippen MR) is 60.5 cm³/mol. The van der Waals surface area contributed by atoms with Crippen LogP contribution in [0, 0.1) is 5.82 Å².